The van der Waals surface area contributed by atoms with Crippen molar-refractivity contribution in [2.24, 2.45) is 5.92 Å². The third-order valence-electron chi connectivity index (χ3n) is 3.82. The molecule has 1 saturated heterocycles. The molecule has 2 rings (SSSR count). The Balaban J connectivity index is 2.20. The molecular formula is C14H21N3O2. The summed E-state index contributed by atoms with van der Waals surface area (Å²) < 4.78 is 0. The number of likely N-dealkylation sites (N-methyl/N-ethyl adjacent to an activating group) is 1. The van der Waals surface area contributed by atoms with Gasteiger partial charge in [0.15, 0.2) is 5.75 Å². The molecule has 0 bridgehead atoms. The molecule has 0 saturated carbocycles. The van der Waals surface area contributed by atoms with Crippen molar-refractivity contribution in [3.8, 4) is 5.75 Å². The van der Waals surface area contributed by atoms with E-state index in [0.29, 0.717) is 25.0 Å². The Morgan fingerprint density at radius 1 is 1.42 bits per heavy atom. The van der Waals surface area contributed by atoms with Gasteiger partial charge in [-0.15, -0.1) is 0 Å². The fraction of sp³-hybridized carbons (Fsp3) is 0.500. The maximum absolute atomic E-state index is 12.4. The molecule has 3 N–H and O–H groups in total. The molecule has 0 aliphatic carbocycles. The van der Waals surface area contributed by atoms with Crippen molar-refractivity contribution in [1.29, 1.82) is 0 Å². The molecule has 1 aromatic carbocycles. The number of nitrogens with zero attached hydrogens (tertiary/aromatic N) is 2. The molecule has 0 radical (unpaired) electrons. The number of carbonyl (C=O) groups excluding carboxylic acids is 1. The van der Waals surface area contributed by atoms with Crippen molar-refractivity contribution in [2.75, 3.05) is 32.9 Å². The van der Waals surface area contributed by atoms with E-state index < -0.39 is 0 Å². The number of likely N-dealkylation sites (tertiary alicyclic amines) is 1. The van der Waals surface area contributed by atoms with Gasteiger partial charge >= 0.3 is 0 Å². The first-order chi connectivity index (χ1) is 8.91. The number of amides is 1. The van der Waals surface area contributed by atoms with Crippen LogP contribution in [-0.4, -0.2) is 54.0 Å². The summed E-state index contributed by atoms with van der Waals surface area (Å²) >= 11 is 0. The monoisotopic (exact) mass is 263 g/mol. The molecule has 1 aliphatic rings. The first kappa shape index (κ1) is 13.7. The molecule has 19 heavy (non-hydrogen) atoms. The van der Waals surface area contributed by atoms with Crippen molar-refractivity contribution in [1.82, 2.24) is 9.80 Å². The van der Waals surface area contributed by atoms with Crippen molar-refractivity contribution in [3.05, 3.63) is 23.8 Å². The normalized spacial score (nSPS) is 23.1. The SMILES string of the molecule is CC1CN(C(=O)c2cccc(N)c2O)CC1N(C)C. The molecule has 0 aromatic heterocycles. The molecular weight excluding hydrogens is 242 g/mol. The summed E-state index contributed by atoms with van der Waals surface area (Å²) in [7, 11) is 4.04. The quantitative estimate of drug-likeness (QED) is 0.617. The van der Waals surface area contributed by atoms with Gasteiger partial charge in [-0.2, -0.15) is 0 Å². The predicted molar refractivity (Wildman–Crippen MR) is 75.1 cm³/mol. The highest BCUT2D eigenvalue weighted by molar-refractivity contribution is 5.98. The summed E-state index contributed by atoms with van der Waals surface area (Å²) in [5.41, 5.74) is 6.15. The second-order valence-electron chi connectivity index (χ2n) is 5.46. The van der Waals surface area contributed by atoms with E-state index in [4.69, 9.17) is 5.73 Å². The molecule has 1 amide bonds. The van der Waals surface area contributed by atoms with Gasteiger partial charge in [0.05, 0.1) is 11.3 Å². The van der Waals surface area contributed by atoms with Crippen LogP contribution in [0.1, 0.15) is 17.3 Å². The van der Waals surface area contributed by atoms with Gasteiger partial charge < -0.3 is 20.6 Å². The van der Waals surface area contributed by atoms with Crippen LogP contribution in [0.15, 0.2) is 18.2 Å². The Morgan fingerprint density at radius 2 is 2.11 bits per heavy atom. The largest absolute Gasteiger partial charge is 0.505 e. The molecule has 1 heterocycles. The van der Waals surface area contributed by atoms with Gasteiger partial charge in [-0.05, 0) is 32.1 Å². The van der Waals surface area contributed by atoms with E-state index in [1.165, 1.54) is 0 Å². The lowest BCUT2D eigenvalue weighted by Crippen LogP contribution is -2.35. The molecule has 5 nitrogen and oxygen atoms in total. The Morgan fingerprint density at radius 3 is 2.68 bits per heavy atom. The molecule has 1 fully saturated rings. The highest BCUT2D eigenvalue weighted by Crippen LogP contribution is 2.28. The first-order valence-corrected chi connectivity index (χ1v) is 6.45. The van der Waals surface area contributed by atoms with Crippen LogP contribution in [0.25, 0.3) is 0 Å². The number of phenols is 1. The van der Waals surface area contributed by atoms with Gasteiger partial charge in [-0.3, -0.25) is 4.79 Å². The zero-order valence-electron chi connectivity index (χ0n) is 11.6. The first-order valence-electron chi connectivity index (χ1n) is 6.45. The Kier molecular flexibility index (Phi) is 3.66. The molecule has 2 unspecified atom stereocenters. The summed E-state index contributed by atoms with van der Waals surface area (Å²) in [6.45, 7) is 3.52. The number of carbonyl (C=O) groups is 1. The van der Waals surface area contributed by atoms with Gasteiger partial charge in [0.1, 0.15) is 0 Å². The average molecular weight is 263 g/mol. The van der Waals surface area contributed by atoms with Crippen LogP contribution in [0.3, 0.4) is 0 Å². The number of hydrogen-bond acceptors (Lipinski definition) is 4. The summed E-state index contributed by atoms with van der Waals surface area (Å²) in [6, 6.07) is 5.24. The van der Waals surface area contributed by atoms with E-state index in [9.17, 15) is 9.90 Å². The van der Waals surface area contributed by atoms with Crippen LogP contribution in [-0.2, 0) is 0 Å². The predicted octanol–water partition coefficient (Wildman–Crippen LogP) is 0.996. The van der Waals surface area contributed by atoms with Crippen LogP contribution >= 0.6 is 0 Å². The van der Waals surface area contributed by atoms with E-state index in [1.54, 1.807) is 23.1 Å². The molecule has 0 spiro atoms. The zero-order valence-corrected chi connectivity index (χ0v) is 11.6. The van der Waals surface area contributed by atoms with E-state index >= 15 is 0 Å². The van der Waals surface area contributed by atoms with E-state index in [-0.39, 0.29) is 22.9 Å². The zero-order chi connectivity index (χ0) is 14.2. The van der Waals surface area contributed by atoms with Gasteiger partial charge in [0, 0.05) is 19.1 Å². The van der Waals surface area contributed by atoms with Crippen LogP contribution in [0.4, 0.5) is 5.69 Å². The van der Waals surface area contributed by atoms with Crippen molar-refractivity contribution < 1.29 is 9.90 Å². The fourth-order valence-corrected chi connectivity index (χ4v) is 2.69. The molecule has 104 valence electrons. The minimum absolute atomic E-state index is 0.117. The number of benzene rings is 1. The van der Waals surface area contributed by atoms with Crippen molar-refractivity contribution in [3.63, 3.8) is 0 Å². The van der Waals surface area contributed by atoms with E-state index in [1.807, 2.05) is 14.1 Å². The van der Waals surface area contributed by atoms with Crippen LogP contribution in [0.2, 0.25) is 0 Å². The lowest BCUT2D eigenvalue weighted by atomic mass is 10.1. The number of nitrogen functional groups attached to an aromatic ring is 1. The summed E-state index contributed by atoms with van der Waals surface area (Å²) in [4.78, 5) is 16.3. The maximum atomic E-state index is 12.4. The minimum Gasteiger partial charge on any atom is -0.505 e. The fourth-order valence-electron chi connectivity index (χ4n) is 2.69. The second-order valence-corrected chi connectivity index (χ2v) is 5.46. The number of rotatable bonds is 2. The van der Waals surface area contributed by atoms with Gasteiger partial charge in [0.2, 0.25) is 0 Å². The number of aromatic hydroxyl groups is 1. The van der Waals surface area contributed by atoms with Crippen LogP contribution in [0, 0.1) is 5.92 Å². The number of hydrogen-bond donors (Lipinski definition) is 2. The number of nitrogens with two attached hydrogens (primary N) is 1. The third-order valence-corrected chi connectivity index (χ3v) is 3.82. The van der Waals surface area contributed by atoms with E-state index in [2.05, 4.69) is 11.8 Å². The maximum Gasteiger partial charge on any atom is 0.257 e. The topological polar surface area (TPSA) is 69.8 Å². The lowest BCUT2D eigenvalue weighted by molar-refractivity contribution is 0.0778. The minimum atomic E-state index is -0.152. The second kappa shape index (κ2) is 5.09. The van der Waals surface area contributed by atoms with Crippen molar-refractivity contribution >= 4 is 11.6 Å². The van der Waals surface area contributed by atoms with Crippen LogP contribution in [0.5, 0.6) is 5.75 Å². The lowest BCUT2D eigenvalue weighted by Gasteiger charge is -2.22. The standard InChI is InChI=1S/C14H21N3O2/c1-9-7-17(8-12(9)16(2)3)14(19)10-5-4-6-11(15)13(10)18/h4-6,9,12,18H,7-8,15H2,1-3H3. The Bertz CT molecular complexity index is 488. The molecule has 5 heteroatoms. The highest BCUT2D eigenvalue weighted by Gasteiger charge is 2.34. The van der Waals surface area contributed by atoms with E-state index in [0.717, 1.165) is 0 Å². The summed E-state index contributed by atoms with van der Waals surface area (Å²) in [5.74, 6) is 0.150. The smallest absolute Gasteiger partial charge is 0.257 e. The summed E-state index contributed by atoms with van der Waals surface area (Å²) in [5, 5.41) is 9.89. The Hall–Kier alpha value is -1.75. The average Bonchev–Trinajstić information content (AvgIpc) is 2.74. The van der Waals surface area contributed by atoms with Crippen molar-refractivity contribution in [2.45, 2.75) is 13.0 Å². The van der Waals surface area contributed by atoms with Gasteiger partial charge in [-0.1, -0.05) is 13.0 Å². The van der Waals surface area contributed by atoms with Crippen LogP contribution < -0.4 is 5.73 Å². The number of phenolic OH excluding ortho intramolecular Hbond substituents is 1. The molecule has 1 aliphatic heterocycles. The third kappa shape index (κ3) is 2.51. The van der Waals surface area contributed by atoms with Gasteiger partial charge in [-0.25, -0.2) is 0 Å². The summed E-state index contributed by atoms with van der Waals surface area (Å²) in [6.07, 6.45) is 0. The number of anilines is 1. The Labute approximate surface area is 113 Å². The van der Waals surface area contributed by atoms with Gasteiger partial charge in [0.25, 0.3) is 5.91 Å². The number of para-hydroxylation sites is 1. The highest BCUT2D eigenvalue weighted by atomic mass is 16.3. The molecule has 2 atom stereocenters. The molecule has 1 aromatic rings.